The van der Waals surface area contributed by atoms with Gasteiger partial charge >= 0.3 is 12.1 Å². The Balaban J connectivity index is 1.64. The van der Waals surface area contributed by atoms with Crippen LogP contribution in [0.4, 0.5) is 4.79 Å². The van der Waals surface area contributed by atoms with Crippen molar-refractivity contribution in [2.24, 2.45) is 11.8 Å². The third kappa shape index (κ3) is 2.80. The number of ether oxygens (including phenoxy) is 1. The third-order valence-electron chi connectivity index (χ3n) is 5.07. The van der Waals surface area contributed by atoms with E-state index in [1.807, 2.05) is 30.3 Å². The van der Waals surface area contributed by atoms with Crippen molar-refractivity contribution >= 4 is 12.1 Å². The molecule has 22 heavy (non-hydrogen) atoms. The van der Waals surface area contributed by atoms with Gasteiger partial charge in [0.1, 0.15) is 12.1 Å². The summed E-state index contributed by atoms with van der Waals surface area (Å²) in [6, 6.07) is 9.36. The Labute approximate surface area is 129 Å². The SMILES string of the molecule is O=C(N[C@@]1(C(=O)O)CC2CCC1CC2)OCc1ccccc1. The number of amides is 1. The Kier molecular flexibility index (Phi) is 4.05. The molecule has 1 atom stereocenters. The third-order valence-corrected chi connectivity index (χ3v) is 5.07. The van der Waals surface area contributed by atoms with E-state index in [9.17, 15) is 14.7 Å². The molecule has 4 rings (SSSR count). The second kappa shape index (κ2) is 5.99. The van der Waals surface area contributed by atoms with E-state index in [1.54, 1.807) is 0 Å². The second-order valence-electron chi connectivity index (χ2n) is 6.39. The van der Waals surface area contributed by atoms with E-state index in [0.717, 1.165) is 31.2 Å². The number of benzene rings is 1. The molecule has 5 nitrogen and oxygen atoms in total. The van der Waals surface area contributed by atoms with E-state index in [-0.39, 0.29) is 12.5 Å². The minimum absolute atomic E-state index is 0.0132. The van der Waals surface area contributed by atoms with Crippen LogP contribution >= 0.6 is 0 Å². The quantitative estimate of drug-likeness (QED) is 0.896. The predicted molar refractivity (Wildman–Crippen MR) is 80.2 cm³/mol. The van der Waals surface area contributed by atoms with Crippen molar-refractivity contribution in [3.63, 3.8) is 0 Å². The van der Waals surface area contributed by atoms with Gasteiger partial charge in [0.25, 0.3) is 0 Å². The second-order valence-corrected chi connectivity index (χ2v) is 6.39. The fraction of sp³-hybridized carbons (Fsp3) is 0.529. The lowest BCUT2D eigenvalue weighted by atomic mass is 9.60. The van der Waals surface area contributed by atoms with Crippen molar-refractivity contribution in [1.29, 1.82) is 0 Å². The summed E-state index contributed by atoms with van der Waals surface area (Å²) in [4.78, 5) is 23.9. The van der Waals surface area contributed by atoms with Crippen LogP contribution in [0.3, 0.4) is 0 Å². The molecule has 3 fully saturated rings. The first-order chi connectivity index (χ1) is 10.6. The summed E-state index contributed by atoms with van der Waals surface area (Å²) in [5, 5.41) is 12.3. The van der Waals surface area contributed by atoms with Crippen LogP contribution in [0.2, 0.25) is 0 Å². The Morgan fingerprint density at radius 3 is 2.41 bits per heavy atom. The van der Waals surface area contributed by atoms with Gasteiger partial charge in [-0.25, -0.2) is 9.59 Å². The van der Waals surface area contributed by atoms with E-state index in [0.29, 0.717) is 12.3 Å². The molecule has 3 aliphatic rings. The number of nitrogens with one attached hydrogen (secondary N) is 1. The van der Waals surface area contributed by atoms with Gasteiger partial charge < -0.3 is 15.2 Å². The van der Waals surface area contributed by atoms with Gasteiger partial charge in [-0.2, -0.15) is 0 Å². The van der Waals surface area contributed by atoms with Crippen LogP contribution in [-0.2, 0) is 16.1 Å². The van der Waals surface area contributed by atoms with Crippen molar-refractivity contribution in [1.82, 2.24) is 5.32 Å². The largest absolute Gasteiger partial charge is 0.479 e. The molecule has 1 aromatic carbocycles. The molecule has 2 N–H and O–H groups in total. The monoisotopic (exact) mass is 303 g/mol. The van der Waals surface area contributed by atoms with Gasteiger partial charge in [-0.1, -0.05) is 30.3 Å². The van der Waals surface area contributed by atoms with E-state index in [2.05, 4.69) is 5.32 Å². The lowest BCUT2D eigenvalue weighted by molar-refractivity contribution is -0.152. The van der Waals surface area contributed by atoms with Crippen LogP contribution in [0.25, 0.3) is 0 Å². The number of alkyl carbamates (subject to hydrolysis) is 1. The summed E-state index contributed by atoms with van der Waals surface area (Å²) >= 11 is 0. The van der Waals surface area contributed by atoms with Gasteiger partial charge in [0.15, 0.2) is 0 Å². The zero-order valence-electron chi connectivity index (χ0n) is 12.5. The van der Waals surface area contributed by atoms with Gasteiger partial charge in [-0.05, 0) is 49.5 Å². The number of carboxylic acids is 1. The highest BCUT2D eigenvalue weighted by Crippen LogP contribution is 2.47. The van der Waals surface area contributed by atoms with Crippen LogP contribution in [0.5, 0.6) is 0 Å². The van der Waals surface area contributed by atoms with Crippen LogP contribution in [-0.4, -0.2) is 22.7 Å². The van der Waals surface area contributed by atoms with E-state index < -0.39 is 17.6 Å². The summed E-state index contributed by atoms with van der Waals surface area (Å²) in [6.07, 6.45) is 3.76. The van der Waals surface area contributed by atoms with E-state index >= 15 is 0 Å². The molecule has 3 aliphatic carbocycles. The molecule has 1 aromatic rings. The lowest BCUT2D eigenvalue weighted by Crippen LogP contribution is -2.63. The van der Waals surface area contributed by atoms with E-state index in [4.69, 9.17) is 4.74 Å². The molecule has 118 valence electrons. The molecule has 0 saturated heterocycles. The standard InChI is InChI=1S/C17H21NO4/c19-15(20)17(10-12-6-8-14(17)9-7-12)18-16(21)22-11-13-4-2-1-3-5-13/h1-5,12,14H,6-11H2,(H,18,21)(H,19,20)/t12?,14?,17-/m0/s1. The number of fused-ring (bicyclic) bond motifs is 3. The van der Waals surface area contributed by atoms with Crippen molar-refractivity contribution in [2.75, 3.05) is 0 Å². The van der Waals surface area contributed by atoms with E-state index in [1.165, 1.54) is 0 Å². The minimum atomic E-state index is -1.14. The maximum atomic E-state index is 12.1. The zero-order valence-corrected chi connectivity index (χ0v) is 12.5. The first-order valence-electron chi connectivity index (χ1n) is 7.82. The van der Waals surface area contributed by atoms with Crippen molar-refractivity contribution in [2.45, 2.75) is 44.2 Å². The maximum Gasteiger partial charge on any atom is 0.408 e. The fourth-order valence-electron chi connectivity index (χ4n) is 3.89. The minimum Gasteiger partial charge on any atom is -0.479 e. The normalized spacial score (nSPS) is 29.8. The van der Waals surface area contributed by atoms with Crippen LogP contribution in [0.1, 0.15) is 37.7 Å². The number of rotatable bonds is 4. The highest BCUT2D eigenvalue weighted by molar-refractivity contribution is 5.85. The average molecular weight is 303 g/mol. The molecule has 0 aliphatic heterocycles. The van der Waals surface area contributed by atoms with Gasteiger partial charge in [0, 0.05) is 0 Å². The topological polar surface area (TPSA) is 75.6 Å². The van der Waals surface area contributed by atoms with Gasteiger partial charge in [-0.15, -0.1) is 0 Å². The molecular weight excluding hydrogens is 282 g/mol. The van der Waals surface area contributed by atoms with Crippen LogP contribution in [0.15, 0.2) is 30.3 Å². The molecule has 5 heteroatoms. The average Bonchev–Trinajstić information content (AvgIpc) is 2.55. The molecule has 0 heterocycles. The zero-order chi connectivity index (χ0) is 15.6. The lowest BCUT2D eigenvalue weighted by Gasteiger charge is -2.48. The smallest absolute Gasteiger partial charge is 0.408 e. The number of carbonyl (C=O) groups is 2. The summed E-state index contributed by atoms with van der Waals surface area (Å²) in [5.41, 5.74) is -0.262. The summed E-state index contributed by atoms with van der Waals surface area (Å²) in [6.45, 7) is 0.149. The highest BCUT2D eigenvalue weighted by atomic mass is 16.5. The molecule has 0 aromatic heterocycles. The molecule has 0 unspecified atom stereocenters. The number of carbonyl (C=O) groups excluding carboxylic acids is 1. The van der Waals surface area contributed by atoms with Gasteiger partial charge in [0.05, 0.1) is 0 Å². The van der Waals surface area contributed by atoms with Crippen LogP contribution in [0, 0.1) is 11.8 Å². The molecule has 3 saturated carbocycles. The number of hydrogen-bond donors (Lipinski definition) is 2. The molecule has 1 amide bonds. The summed E-state index contributed by atoms with van der Waals surface area (Å²) in [7, 11) is 0. The van der Waals surface area contributed by atoms with Crippen molar-refractivity contribution < 1.29 is 19.4 Å². The van der Waals surface area contributed by atoms with Gasteiger partial charge in [-0.3, -0.25) is 0 Å². The number of carboxylic acid groups (broad SMARTS) is 1. The molecule has 2 bridgehead atoms. The fourth-order valence-corrected chi connectivity index (χ4v) is 3.89. The van der Waals surface area contributed by atoms with Gasteiger partial charge in [0.2, 0.25) is 0 Å². The maximum absolute atomic E-state index is 12.1. The first-order valence-corrected chi connectivity index (χ1v) is 7.82. The molecule has 0 spiro atoms. The molecular formula is C17H21NO4. The van der Waals surface area contributed by atoms with Crippen molar-refractivity contribution in [3.8, 4) is 0 Å². The Morgan fingerprint density at radius 1 is 1.18 bits per heavy atom. The summed E-state index contributed by atoms with van der Waals surface area (Å²) < 4.78 is 5.20. The van der Waals surface area contributed by atoms with Crippen LogP contribution < -0.4 is 5.32 Å². The Hall–Kier alpha value is -2.04. The first kappa shape index (κ1) is 14.9. The summed E-state index contributed by atoms with van der Waals surface area (Å²) in [5.74, 6) is -0.520. The Morgan fingerprint density at radius 2 is 1.86 bits per heavy atom. The highest BCUT2D eigenvalue weighted by Gasteiger charge is 2.53. The predicted octanol–water partition coefficient (Wildman–Crippen LogP) is 2.95. The van der Waals surface area contributed by atoms with Crippen molar-refractivity contribution in [3.05, 3.63) is 35.9 Å². The molecule has 0 radical (unpaired) electrons. The number of aliphatic carboxylic acids is 1. The number of hydrogen-bond acceptors (Lipinski definition) is 3. The Bertz CT molecular complexity index is 551.